The summed E-state index contributed by atoms with van der Waals surface area (Å²) < 4.78 is 15.8. The van der Waals surface area contributed by atoms with Gasteiger partial charge in [-0.3, -0.25) is 4.79 Å². The first-order chi connectivity index (χ1) is 14.3. The first-order valence-electron chi connectivity index (χ1n) is 10.1. The zero-order chi connectivity index (χ0) is 22.1. The molecule has 1 aromatic carbocycles. The number of aryl methyl sites for hydroxylation is 1. The maximum Gasteiger partial charge on any atom is 0.331 e. The summed E-state index contributed by atoms with van der Waals surface area (Å²) in [6.45, 7) is 4.69. The summed E-state index contributed by atoms with van der Waals surface area (Å²) in [4.78, 5) is 25.4. The van der Waals surface area contributed by atoms with Crippen molar-refractivity contribution < 1.29 is 23.8 Å². The highest BCUT2D eigenvalue weighted by Crippen LogP contribution is 2.32. The molecule has 1 saturated carbocycles. The molecule has 6 nitrogen and oxygen atoms in total. The van der Waals surface area contributed by atoms with Gasteiger partial charge in [0.25, 0.3) is 0 Å². The lowest BCUT2D eigenvalue weighted by Gasteiger charge is -2.38. The van der Waals surface area contributed by atoms with Crippen LogP contribution in [0.4, 0.5) is 0 Å². The molecule has 7 heteroatoms. The van der Waals surface area contributed by atoms with Gasteiger partial charge in [0, 0.05) is 17.7 Å². The quantitative estimate of drug-likeness (QED) is 0.385. The van der Waals surface area contributed by atoms with Crippen molar-refractivity contribution in [1.82, 2.24) is 5.32 Å². The lowest BCUT2D eigenvalue weighted by molar-refractivity contribution is -0.154. The summed E-state index contributed by atoms with van der Waals surface area (Å²) in [5.74, 6) is 5.12. The highest BCUT2D eigenvalue weighted by atomic mass is 35.5. The van der Waals surface area contributed by atoms with Crippen LogP contribution in [0.5, 0.6) is 0 Å². The van der Waals surface area contributed by atoms with Crippen LogP contribution in [0, 0.1) is 18.8 Å². The predicted octanol–water partition coefficient (Wildman–Crippen LogP) is 3.20. The summed E-state index contributed by atoms with van der Waals surface area (Å²) in [5.41, 5.74) is 1.38. The molecule has 0 aliphatic heterocycles. The number of nitrogens with one attached hydrogen (secondary N) is 1. The zero-order valence-corrected chi connectivity index (χ0v) is 18.9. The molecule has 0 atom stereocenters. The van der Waals surface area contributed by atoms with Crippen molar-refractivity contribution in [2.75, 3.05) is 27.4 Å². The number of methoxy groups -OCH3 is 2. The maximum atomic E-state index is 12.9. The number of benzene rings is 1. The van der Waals surface area contributed by atoms with Gasteiger partial charge in [0.1, 0.15) is 5.54 Å². The molecular formula is C23H30ClNO5. The van der Waals surface area contributed by atoms with Gasteiger partial charge in [-0.2, -0.15) is 0 Å². The number of carbonyl (C=O) groups is 2. The van der Waals surface area contributed by atoms with E-state index in [1.165, 1.54) is 7.11 Å². The number of esters is 1. The van der Waals surface area contributed by atoms with Crippen molar-refractivity contribution in [3.63, 3.8) is 0 Å². The molecule has 0 heterocycles. The van der Waals surface area contributed by atoms with E-state index in [9.17, 15) is 9.59 Å². The number of ether oxygens (including phenoxy) is 3. The fourth-order valence-electron chi connectivity index (χ4n) is 3.81. The van der Waals surface area contributed by atoms with Gasteiger partial charge in [-0.1, -0.05) is 17.5 Å². The molecule has 0 aromatic heterocycles. The molecule has 30 heavy (non-hydrogen) atoms. The van der Waals surface area contributed by atoms with E-state index < -0.39 is 11.5 Å². The van der Waals surface area contributed by atoms with Crippen molar-refractivity contribution in [3.05, 3.63) is 33.8 Å². The molecule has 1 amide bonds. The fraction of sp³-hybridized carbons (Fsp3) is 0.565. The first-order valence-corrected chi connectivity index (χ1v) is 10.4. The molecule has 1 aliphatic rings. The van der Waals surface area contributed by atoms with E-state index in [1.807, 2.05) is 13.0 Å². The lowest BCUT2D eigenvalue weighted by atomic mass is 9.80. The molecule has 164 valence electrons. The van der Waals surface area contributed by atoms with E-state index in [4.69, 9.17) is 25.8 Å². The highest BCUT2D eigenvalue weighted by Gasteiger charge is 2.44. The average molecular weight is 436 g/mol. The van der Waals surface area contributed by atoms with Crippen LogP contribution < -0.4 is 5.32 Å². The van der Waals surface area contributed by atoms with Gasteiger partial charge >= 0.3 is 5.97 Å². The number of hydrogen-bond donors (Lipinski definition) is 1. The molecule has 0 unspecified atom stereocenters. The third kappa shape index (κ3) is 6.21. The Labute approximate surface area is 183 Å². The molecule has 1 aliphatic carbocycles. The highest BCUT2D eigenvalue weighted by molar-refractivity contribution is 6.31. The average Bonchev–Trinajstić information content (AvgIpc) is 2.72. The molecular weight excluding hydrogens is 406 g/mol. The SMILES string of the molecule is CC#Cc1cc(C)c(CC(=O)NC2(C(=O)OC)CCC(OCCOC)CC2)c(Cl)c1. The summed E-state index contributed by atoms with van der Waals surface area (Å²) in [6, 6.07) is 3.66. The van der Waals surface area contributed by atoms with E-state index in [1.54, 1.807) is 20.1 Å². The minimum Gasteiger partial charge on any atom is -0.467 e. The topological polar surface area (TPSA) is 73.9 Å². The molecule has 1 N–H and O–H groups in total. The van der Waals surface area contributed by atoms with Gasteiger partial charge < -0.3 is 19.5 Å². The minimum atomic E-state index is -1.04. The van der Waals surface area contributed by atoms with Crippen LogP contribution >= 0.6 is 11.6 Å². The van der Waals surface area contributed by atoms with Gasteiger partial charge in [0.15, 0.2) is 0 Å². The summed E-state index contributed by atoms with van der Waals surface area (Å²) in [6.07, 6.45) is 2.35. The first kappa shape index (κ1) is 24.2. The Morgan fingerprint density at radius 3 is 2.50 bits per heavy atom. The van der Waals surface area contributed by atoms with Gasteiger partial charge in [0.05, 0.1) is 32.8 Å². The largest absolute Gasteiger partial charge is 0.467 e. The molecule has 2 rings (SSSR count). The Morgan fingerprint density at radius 2 is 1.93 bits per heavy atom. The second kappa shape index (κ2) is 11.4. The van der Waals surface area contributed by atoms with Gasteiger partial charge in [-0.25, -0.2) is 4.79 Å². The van der Waals surface area contributed by atoms with Gasteiger partial charge in [-0.15, -0.1) is 5.92 Å². The number of carbonyl (C=O) groups excluding carboxylic acids is 2. The Bertz CT molecular complexity index is 796. The number of amides is 1. The van der Waals surface area contributed by atoms with Crippen molar-refractivity contribution in [2.24, 2.45) is 0 Å². The summed E-state index contributed by atoms with van der Waals surface area (Å²) in [7, 11) is 2.96. The Balaban J connectivity index is 2.08. The molecule has 0 saturated heterocycles. The Morgan fingerprint density at radius 1 is 1.23 bits per heavy atom. The summed E-state index contributed by atoms with van der Waals surface area (Å²) >= 11 is 6.40. The van der Waals surface area contributed by atoms with Crippen LogP contribution in [0.1, 0.15) is 49.3 Å². The van der Waals surface area contributed by atoms with E-state index in [0.29, 0.717) is 43.9 Å². The van der Waals surface area contributed by atoms with E-state index in [-0.39, 0.29) is 18.4 Å². The van der Waals surface area contributed by atoms with Crippen LogP contribution in [0.15, 0.2) is 12.1 Å². The van der Waals surface area contributed by atoms with Crippen LogP contribution in [-0.2, 0) is 30.2 Å². The minimum absolute atomic E-state index is 0.0405. The van der Waals surface area contributed by atoms with E-state index in [0.717, 1.165) is 16.7 Å². The fourth-order valence-corrected chi connectivity index (χ4v) is 4.14. The maximum absolute atomic E-state index is 12.9. The molecule has 0 radical (unpaired) electrons. The monoisotopic (exact) mass is 435 g/mol. The van der Waals surface area contributed by atoms with Crippen molar-refractivity contribution in [2.45, 2.75) is 57.6 Å². The van der Waals surface area contributed by atoms with Gasteiger partial charge in [-0.05, 0) is 62.8 Å². The Hall–Kier alpha value is -2.07. The number of hydrogen-bond acceptors (Lipinski definition) is 5. The second-order valence-electron chi connectivity index (χ2n) is 7.49. The molecule has 0 bridgehead atoms. The van der Waals surface area contributed by atoms with Crippen LogP contribution in [0.2, 0.25) is 5.02 Å². The molecule has 0 spiro atoms. The van der Waals surface area contributed by atoms with E-state index >= 15 is 0 Å². The van der Waals surface area contributed by atoms with Crippen molar-refractivity contribution in [1.29, 1.82) is 0 Å². The van der Waals surface area contributed by atoms with Crippen LogP contribution in [-0.4, -0.2) is 51.0 Å². The molecule has 1 aromatic rings. The third-order valence-corrected chi connectivity index (χ3v) is 5.74. The number of rotatable bonds is 8. The van der Waals surface area contributed by atoms with Gasteiger partial charge in [0.2, 0.25) is 5.91 Å². The van der Waals surface area contributed by atoms with E-state index in [2.05, 4.69) is 17.2 Å². The van der Waals surface area contributed by atoms with Crippen LogP contribution in [0.3, 0.4) is 0 Å². The smallest absolute Gasteiger partial charge is 0.331 e. The normalized spacial score (nSPS) is 20.8. The molecule has 1 fully saturated rings. The Kier molecular flexibility index (Phi) is 9.16. The standard InChI is InChI=1S/C23H30ClNO5/c1-5-6-17-13-16(2)19(20(24)14-17)15-21(26)25-23(22(27)29-4)9-7-18(8-10-23)30-12-11-28-3/h13-14,18H,7-12,15H2,1-4H3,(H,25,26). The lowest BCUT2D eigenvalue weighted by Crippen LogP contribution is -2.57. The third-order valence-electron chi connectivity index (χ3n) is 5.41. The number of halogens is 1. The summed E-state index contributed by atoms with van der Waals surface area (Å²) in [5, 5.41) is 3.42. The van der Waals surface area contributed by atoms with Crippen molar-refractivity contribution in [3.8, 4) is 11.8 Å². The predicted molar refractivity (Wildman–Crippen MR) is 115 cm³/mol. The van der Waals surface area contributed by atoms with Crippen molar-refractivity contribution >= 4 is 23.5 Å². The zero-order valence-electron chi connectivity index (χ0n) is 18.1. The van der Waals surface area contributed by atoms with Crippen LogP contribution in [0.25, 0.3) is 0 Å². The second-order valence-corrected chi connectivity index (χ2v) is 7.90.